The summed E-state index contributed by atoms with van der Waals surface area (Å²) in [7, 11) is -4.11. The molecule has 0 radical (unpaired) electrons. The van der Waals surface area contributed by atoms with Crippen LogP contribution in [0.1, 0.15) is 30.0 Å². The van der Waals surface area contributed by atoms with Gasteiger partial charge in [-0.25, -0.2) is 8.42 Å². The second-order valence-electron chi connectivity index (χ2n) is 10.3. The van der Waals surface area contributed by atoms with Crippen LogP contribution in [0, 0.1) is 6.92 Å². The number of anilines is 1. The lowest BCUT2D eigenvalue weighted by atomic mass is 10.0. The highest BCUT2D eigenvalue weighted by Crippen LogP contribution is 2.25. The van der Waals surface area contributed by atoms with Crippen LogP contribution in [-0.2, 0) is 32.6 Å². The molecule has 0 bridgehead atoms. The molecule has 9 heteroatoms. The Hall–Kier alpha value is -3.95. The molecule has 7 nitrogen and oxygen atoms in total. The molecule has 0 fully saturated rings. The monoisotopic (exact) mass is 661 g/mol. The van der Waals surface area contributed by atoms with E-state index in [1.807, 2.05) is 80.6 Å². The average Bonchev–Trinajstić information content (AvgIpc) is 3.02. The predicted molar refractivity (Wildman–Crippen MR) is 174 cm³/mol. The zero-order valence-electron chi connectivity index (χ0n) is 24.3. The van der Waals surface area contributed by atoms with Crippen molar-refractivity contribution in [1.82, 2.24) is 10.2 Å². The molecule has 0 heterocycles. The van der Waals surface area contributed by atoms with Gasteiger partial charge in [0.25, 0.3) is 10.0 Å². The molecule has 0 aliphatic heterocycles. The van der Waals surface area contributed by atoms with E-state index in [9.17, 15) is 18.0 Å². The Morgan fingerprint density at radius 3 is 2.02 bits per heavy atom. The minimum absolute atomic E-state index is 0.0735. The second-order valence-corrected chi connectivity index (χ2v) is 13.1. The number of nitrogens with one attached hydrogen (secondary N) is 1. The van der Waals surface area contributed by atoms with Crippen molar-refractivity contribution in [2.45, 2.75) is 44.2 Å². The number of nitrogens with zero attached hydrogens (tertiary/aromatic N) is 2. The Kier molecular flexibility index (Phi) is 11.1. The van der Waals surface area contributed by atoms with E-state index < -0.39 is 28.5 Å². The van der Waals surface area contributed by atoms with Gasteiger partial charge in [0.05, 0.1) is 10.6 Å². The largest absolute Gasteiger partial charge is 0.354 e. The standard InChI is InChI=1S/C34H36BrN3O4S/c1-3-22-36-34(40)32(23-27-10-6-4-7-11-27)37(24-28-16-18-29(35)19-17-28)33(39)25-38(30-20-14-26(2)15-21-30)43(41,42)31-12-8-5-9-13-31/h4-21,32H,3,22-25H2,1-2H3,(H,36,40)/t32-/m1/s1. The van der Waals surface area contributed by atoms with Crippen molar-refractivity contribution in [1.29, 1.82) is 0 Å². The van der Waals surface area contributed by atoms with Gasteiger partial charge in [-0.15, -0.1) is 0 Å². The van der Waals surface area contributed by atoms with Crippen LogP contribution < -0.4 is 9.62 Å². The zero-order valence-corrected chi connectivity index (χ0v) is 26.7. The summed E-state index contributed by atoms with van der Waals surface area (Å²) in [6.45, 7) is 3.97. The highest BCUT2D eigenvalue weighted by Gasteiger charge is 2.34. The van der Waals surface area contributed by atoms with E-state index in [1.165, 1.54) is 17.0 Å². The van der Waals surface area contributed by atoms with Crippen molar-refractivity contribution in [3.8, 4) is 0 Å². The molecule has 0 aromatic heterocycles. The lowest BCUT2D eigenvalue weighted by Gasteiger charge is -2.34. The number of amides is 2. The number of halogens is 1. The molecule has 0 aliphatic rings. The molecule has 1 N–H and O–H groups in total. The maximum absolute atomic E-state index is 14.4. The smallest absolute Gasteiger partial charge is 0.264 e. The van der Waals surface area contributed by atoms with Crippen molar-refractivity contribution in [2.24, 2.45) is 0 Å². The lowest BCUT2D eigenvalue weighted by Crippen LogP contribution is -2.53. The highest BCUT2D eigenvalue weighted by atomic mass is 79.9. The van der Waals surface area contributed by atoms with Crippen LogP contribution in [0.5, 0.6) is 0 Å². The molecule has 0 spiro atoms. The summed E-state index contributed by atoms with van der Waals surface area (Å²) in [5.74, 6) is -0.778. The molecule has 4 aromatic carbocycles. The number of hydrogen-bond donors (Lipinski definition) is 1. The maximum Gasteiger partial charge on any atom is 0.264 e. The van der Waals surface area contributed by atoms with Gasteiger partial charge in [-0.3, -0.25) is 13.9 Å². The zero-order chi connectivity index (χ0) is 30.8. The van der Waals surface area contributed by atoms with E-state index in [0.717, 1.165) is 31.9 Å². The summed E-state index contributed by atoms with van der Waals surface area (Å²) in [5, 5.41) is 2.96. The fraction of sp³-hybridized carbons (Fsp3) is 0.235. The lowest BCUT2D eigenvalue weighted by molar-refractivity contribution is -0.140. The van der Waals surface area contributed by atoms with Crippen LogP contribution in [0.4, 0.5) is 5.69 Å². The molecule has 0 unspecified atom stereocenters. The Morgan fingerprint density at radius 2 is 1.42 bits per heavy atom. The third-order valence-corrected chi connectivity index (χ3v) is 9.34. The number of carbonyl (C=O) groups is 2. The Labute approximate surface area is 262 Å². The van der Waals surface area contributed by atoms with Gasteiger partial charge in [0.15, 0.2) is 0 Å². The van der Waals surface area contributed by atoms with Crippen LogP contribution in [0.25, 0.3) is 0 Å². The first-order valence-electron chi connectivity index (χ1n) is 14.2. The normalized spacial score (nSPS) is 11.9. The molecule has 1 atom stereocenters. The Morgan fingerprint density at radius 1 is 0.814 bits per heavy atom. The average molecular weight is 663 g/mol. The number of aryl methyl sites for hydroxylation is 1. The van der Waals surface area contributed by atoms with E-state index in [0.29, 0.717) is 12.2 Å². The highest BCUT2D eigenvalue weighted by molar-refractivity contribution is 9.10. The SMILES string of the molecule is CCCNC(=O)[C@@H](Cc1ccccc1)N(Cc1ccc(Br)cc1)C(=O)CN(c1ccc(C)cc1)S(=O)(=O)c1ccccc1. The summed E-state index contributed by atoms with van der Waals surface area (Å²) in [5.41, 5.74) is 3.02. The molecule has 43 heavy (non-hydrogen) atoms. The minimum Gasteiger partial charge on any atom is -0.354 e. The van der Waals surface area contributed by atoms with E-state index in [4.69, 9.17) is 0 Å². The van der Waals surface area contributed by atoms with Gasteiger partial charge in [0.1, 0.15) is 12.6 Å². The van der Waals surface area contributed by atoms with Gasteiger partial charge in [-0.2, -0.15) is 0 Å². The summed E-state index contributed by atoms with van der Waals surface area (Å²) in [4.78, 5) is 29.6. The molecular formula is C34H36BrN3O4S. The third-order valence-electron chi connectivity index (χ3n) is 7.02. The molecule has 224 valence electrons. The van der Waals surface area contributed by atoms with Crippen molar-refractivity contribution >= 4 is 43.5 Å². The molecule has 4 aromatic rings. The van der Waals surface area contributed by atoms with Crippen LogP contribution in [0.3, 0.4) is 0 Å². The van der Waals surface area contributed by atoms with E-state index in [1.54, 1.807) is 30.3 Å². The number of rotatable bonds is 13. The third kappa shape index (κ3) is 8.55. The van der Waals surface area contributed by atoms with Gasteiger partial charge < -0.3 is 10.2 Å². The fourth-order valence-corrected chi connectivity index (χ4v) is 6.37. The first kappa shape index (κ1) is 32.0. The molecule has 0 aliphatic carbocycles. The predicted octanol–water partition coefficient (Wildman–Crippen LogP) is 6.12. The minimum atomic E-state index is -4.11. The Bertz CT molecular complexity index is 1600. The Balaban J connectivity index is 1.78. The van der Waals surface area contributed by atoms with Gasteiger partial charge in [0, 0.05) is 24.0 Å². The number of hydrogen-bond acceptors (Lipinski definition) is 4. The number of carbonyl (C=O) groups excluding carboxylic acids is 2. The van der Waals surface area contributed by atoms with Gasteiger partial charge >= 0.3 is 0 Å². The van der Waals surface area contributed by atoms with E-state index in [2.05, 4.69) is 21.2 Å². The molecular weight excluding hydrogens is 626 g/mol. The van der Waals surface area contributed by atoms with Gasteiger partial charge in [-0.1, -0.05) is 101 Å². The van der Waals surface area contributed by atoms with Crippen LogP contribution in [0.2, 0.25) is 0 Å². The van der Waals surface area contributed by atoms with Gasteiger partial charge in [0.2, 0.25) is 11.8 Å². The van der Waals surface area contributed by atoms with Crippen LogP contribution in [-0.4, -0.2) is 44.3 Å². The van der Waals surface area contributed by atoms with E-state index in [-0.39, 0.29) is 23.8 Å². The molecule has 2 amide bonds. The summed E-state index contributed by atoms with van der Waals surface area (Å²) < 4.78 is 30.0. The van der Waals surface area contributed by atoms with Crippen molar-refractivity contribution in [2.75, 3.05) is 17.4 Å². The topological polar surface area (TPSA) is 86.8 Å². The second kappa shape index (κ2) is 15.0. The van der Waals surface area contributed by atoms with Crippen molar-refractivity contribution < 1.29 is 18.0 Å². The van der Waals surface area contributed by atoms with E-state index >= 15 is 0 Å². The van der Waals surface area contributed by atoms with Crippen LogP contribution >= 0.6 is 15.9 Å². The van der Waals surface area contributed by atoms with Crippen molar-refractivity contribution in [3.05, 3.63) is 130 Å². The summed E-state index contributed by atoms with van der Waals surface area (Å²) in [6.07, 6.45) is 1.01. The van der Waals surface area contributed by atoms with Crippen molar-refractivity contribution in [3.63, 3.8) is 0 Å². The molecule has 0 saturated heterocycles. The first-order valence-corrected chi connectivity index (χ1v) is 16.4. The fourth-order valence-electron chi connectivity index (χ4n) is 4.67. The molecule has 4 rings (SSSR count). The van der Waals surface area contributed by atoms with Crippen LogP contribution in [0.15, 0.2) is 119 Å². The maximum atomic E-state index is 14.4. The number of benzene rings is 4. The summed E-state index contributed by atoms with van der Waals surface area (Å²) >= 11 is 3.46. The summed E-state index contributed by atoms with van der Waals surface area (Å²) in [6, 6.07) is 31.2. The quantitative estimate of drug-likeness (QED) is 0.187. The first-order chi connectivity index (χ1) is 20.7. The van der Waals surface area contributed by atoms with Gasteiger partial charge in [-0.05, 0) is 60.9 Å². The number of sulfonamides is 1. The molecule has 0 saturated carbocycles.